The van der Waals surface area contributed by atoms with Gasteiger partial charge in [0.05, 0.1) is 6.10 Å². The number of nitrogens with zero attached hydrogens (tertiary/aromatic N) is 1. The lowest BCUT2D eigenvalue weighted by Gasteiger charge is -2.30. The fraction of sp³-hybridized carbons (Fsp3) is 0.350. The maximum absolute atomic E-state index is 5.29. The van der Waals surface area contributed by atoms with Gasteiger partial charge in [-0.15, -0.1) is 0 Å². The van der Waals surface area contributed by atoms with E-state index in [9.17, 15) is 0 Å². The molecule has 2 nitrogen and oxygen atoms in total. The molecule has 0 spiro atoms. The Bertz CT molecular complexity index is 713. The summed E-state index contributed by atoms with van der Waals surface area (Å²) in [5.74, 6) is 6.99. The van der Waals surface area contributed by atoms with Crippen LogP contribution < -0.4 is 0 Å². The molecular formula is C20H21NO. The largest absolute Gasteiger partial charge is 0.381 e. The molecule has 1 saturated carbocycles. The monoisotopic (exact) mass is 291 g/mol. The van der Waals surface area contributed by atoms with Gasteiger partial charge in [-0.05, 0) is 67.0 Å². The first kappa shape index (κ1) is 14.8. The Hall–Kier alpha value is -2.11. The second-order valence-electron chi connectivity index (χ2n) is 5.99. The quantitative estimate of drug-likeness (QED) is 0.776. The van der Waals surface area contributed by atoms with E-state index in [2.05, 4.69) is 61.0 Å². The van der Waals surface area contributed by atoms with Crippen molar-refractivity contribution in [1.82, 2.24) is 4.98 Å². The van der Waals surface area contributed by atoms with E-state index in [-0.39, 0.29) is 0 Å². The molecule has 0 saturated heterocycles. The molecule has 1 aromatic heterocycles. The van der Waals surface area contributed by atoms with E-state index in [1.54, 1.807) is 7.11 Å². The van der Waals surface area contributed by atoms with Crippen molar-refractivity contribution >= 4 is 0 Å². The molecule has 1 heterocycles. The van der Waals surface area contributed by atoms with Crippen molar-refractivity contribution in [3.8, 4) is 23.0 Å². The summed E-state index contributed by atoms with van der Waals surface area (Å²) >= 11 is 0. The summed E-state index contributed by atoms with van der Waals surface area (Å²) in [5.41, 5.74) is 5.90. The third kappa shape index (κ3) is 3.05. The molecule has 1 fully saturated rings. The van der Waals surface area contributed by atoms with Crippen LogP contribution in [0.5, 0.6) is 0 Å². The van der Waals surface area contributed by atoms with Crippen LogP contribution in [0.1, 0.15) is 29.7 Å². The fourth-order valence-corrected chi connectivity index (χ4v) is 2.98. The van der Waals surface area contributed by atoms with Crippen molar-refractivity contribution in [2.45, 2.75) is 32.8 Å². The average molecular weight is 291 g/mol. The minimum atomic E-state index is 0.396. The van der Waals surface area contributed by atoms with Crippen molar-refractivity contribution in [1.29, 1.82) is 0 Å². The Morgan fingerprint density at radius 1 is 1.14 bits per heavy atom. The Morgan fingerprint density at radius 3 is 2.55 bits per heavy atom. The summed E-state index contributed by atoms with van der Waals surface area (Å²) < 4.78 is 5.29. The lowest BCUT2D eigenvalue weighted by molar-refractivity contribution is 0.0192. The standard InChI is InChI=1S/C20H21NO/c1-14-5-4-6-15(2)20(14)17-9-10-21-18(13-17)8-7-16-11-19(12-16)22-3/h4-6,9-10,13,16,19H,11-12H2,1-3H3. The topological polar surface area (TPSA) is 22.1 Å². The van der Waals surface area contributed by atoms with E-state index < -0.39 is 0 Å². The maximum atomic E-state index is 5.29. The molecule has 3 rings (SSSR count). The van der Waals surface area contributed by atoms with Crippen LogP contribution in [0.4, 0.5) is 0 Å². The molecule has 22 heavy (non-hydrogen) atoms. The molecular weight excluding hydrogens is 270 g/mol. The van der Waals surface area contributed by atoms with Gasteiger partial charge in [0.1, 0.15) is 5.69 Å². The summed E-state index contributed by atoms with van der Waals surface area (Å²) in [6, 6.07) is 10.5. The highest BCUT2D eigenvalue weighted by Crippen LogP contribution is 2.29. The molecule has 2 aromatic rings. The van der Waals surface area contributed by atoms with E-state index >= 15 is 0 Å². The van der Waals surface area contributed by atoms with E-state index in [1.807, 2.05) is 6.20 Å². The zero-order chi connectivity index (χ0) is 15.5. The molecule has 1 aromatic carbocycles. The van der Waals surface area contributed by atoms with Gasteiger partial charge < -0.3 is 4.74 Å². The van der Waals surface area contributed by atoms with Crippen molar-refractivity contribution in [3.05, 3.63) is 53.3 Å². The zero-order valence-electron chi connectivity index (χ0n) is 13.4. The summed E-state index contributed by atoms with van der Waals surface area (Å²) in [7, 11) is 1.77. The number of hydrogen-bond donors (Lipinski definition) is 0. The Labute approximate surface area is 132 Å². The van der Waals surface area contributed by atoms with Gasteiger partial charge in [-0.1, -0.05) is 24.1 Å². The highest BCUT2D eigenvalue weighted by atomic mass is 16.5. The number of pyridine rings is 1. The van der Waals surface area contributed by atoms with Crippen LogP contribution in [0.3, 0.4) is 0 Å². The summed E-state index contributed by atoms with van der Waals surface area (Å²) in [5, 5.41) is 0. The van der Waals surface area contributed by atoms with Crippen LogP contribution in [-0.2, 0) is 4.74 Å². The van der Waals surface area contributed by atoms with Gasteiger partial charge in [0.2, 0.25) is 0 Å². The minimum absolute atomic E-state index is 0.396. The third-order valence-electron chi connectivity index (χ3n) is 4.36. The molecule has 0 radical (unpaired) electrons. The minimum Gasteiger partial charge on any atom is -0.381 e. The van der Waals surface area contributed by atoms with Gasteiger partial charge in [0, 0.05) is 19.2 Å². The van der Waals surface area contributed by atoms with Crippen LogP contribution in [0.25, 0.3) is 11.1 Å². The summed E-state index contributed by atoms with van der Waals surface area (Å²) in [6.07, 6.45) is 4.33. The van der Waals surface area contributed by atoms with Gasteiger partial charge in [-0.2, -0.15) is 0 Å². The second kappa shape index (κ2) is 6.34. The first-order valence-electron chi connectivity index (χ1n) is 7.74. The van der Waals surface area contributed by atoms with Gasteiger partial charge in [-0.25, -0.2) is 4.98 Å². The number of rotatable bonds is 2. The van der Waals surface area contributed by atoms with Crippen LogP contribution in [-0.4, -0.2) is 18.2 Å². The third-order valence-corrected chi connectivity index (χ3v) is 4.36. The fourth-order valence-electron chi connectivity index (χ4n) is 2.98. The van der Waals surface area contributed by atoms with Crippen LogP contribution in [0.2, 0.25) is 0 Å². The zero-order valence-corrected chi connectivity index (χ0v) is 13.4. The highest BCUT2D eigenvalue weighted by Gasteiger charge is 2.27. The molecule has 112 valence electrons. The highest BCUT2D eigenvalue weighted by molar-refractivity contribution is 5.71. The lowest BCUT2D eigenvalue weighted by atomic mass is 9.83. The van der Waals surface area contributed by atoms with E-state index in [1.165, 1.54) is 22.3 Å². The summed E-state index contributed by atoms with van der Waals surface area (Å²) in [6.45, 7) is 4.29. The molecule has 0 amide bonds. The molecule has 0 atom stereocenters. The second-order valence-corrected chi connectivity index (χ2v) is 5.99. The number of hydrogen-bond acceptors (Lipinski definition) is 2. The van der Waals surface area contributed by atoms with Crippen molar-refractivity contribution in [3.63, 3.8) is 0 Å². The summed E-state index contributed by atoms with van der Waals surface area (Å²) in [4.78, 5) is 4.39. The molecule has 2 heteroatoms. The first-order chi connectivity index (χ1) is 10.7. The number of ether oxygens (including phenoxy) is 1. The first-order valence-corrected chi connectivity index (χ1v) is 7.74. The van der Waals surface area contributed by atoms with Crippen molar-refractivity contribution in [2.75, 3.05) is 7.11 Å². The lowest BCUT2D eigenvalue weighted by Crippen LogP contribution is -2.29. The predicted molar refractivity (Wildman–Crippen MR) is 89.5 cm³/mol. The molecule has 0 aliphatic heterocycles. The van der Waals surface area contributed by atoms with E-state index in [0.717, 1.165) is 18.5 Å². The predicted octanol–water partition coefficient (Wildman–Crippen LogP) is 4.14. The molecule has 0 bridgehead atoms. The molecule has 1 aliphatic carbocycles. The Morgan fingerprint density at radius 2 is 1.86 bits per heavy atom. The van der Waals surface area contributed by atoms with Crippen molar-refractivity contribution in [2.24, 2.45) is 5.92 Å². The smallest absolute Gasteiger partial charge is 0.113 e. The van der Waals surface area contributed by atoms with Crippen LogP contribution in [0.15, 0.2) is 36.5 Å². The molecule has 0 unspecified atom stereocenters. The van der Waals surface area contributed by atoms with Gasteiger partial charge in [0.15, 0.2) is 0 Å². The number of aryl methyl sites for hydroxylation is 2. The van der Waals surface area contributed by atoms with Gasteiger partial charge in [0.25, 0.3) is 0 Å². The van der Waals surface area contributed by atoms with E-state index in [4.69, 9.17) is 4.74 Å². The van der Waals surface area contributed by atoms with Crippen LogP contribution in [0, 0.1) is 31.6 Å². The molecule has 1 aliphatic rings. The average Bonchev–Trinajstić information content (AvgIpc) is 2.46. The maximum Gasteiger partial charge on any atom is 0.113 e. The van der Waals surface area contributed by atoms with Gasteiger partial charge in [-0.3, -0.25) is 0 Å². The molecule has 0 N–H and O–H groups in total. The Kier molecular flexibility index (Phi) is 4.27. The normalized spacial score (nSPS) is 20.0. The number of methoxy groups -OCH3 is 1. The van der Waals surface area contributed by atoms with Gasteiger partial charge >= 0.3 is 0 Å². The van der Waals surface area contributed by atoms with E-state index in [0.29, 0.717) is 12.0 Å². The van der Waals surface area contributed by atoms with Crippen LogP contribution >= 0.6 is 0 Å². The Balaban J connectivity index is 1.83. The van der Waals surface area contributed by atoms with Crippen molar-refractivity contribution < 1.29 is 4.74 Å². The number of aromatic nitrogens is 1. The SMILES string of the molecule is COC1CC(C#Cc2cc(-c3c(C)cccc3C)ccn2)C1. The number of benzene rings is 1.